The fourth-order valence-corrected chi connectivity index (χ4v) is 3.29. The van der Waals surface area contributed by atoms with Gasteiger partial charge in [0.05, 0.1) is 5.03 Å². The number of nitrogens with one attached hydrogen (secondary N) is 1. The van der Waals surface area contributed by atoms with Crippen molar-refractivity contribution < 1.29 is 4.79 Å². The summed E-state index contributed by atoms with van der Waals surface area (Å²) in [5, 5.41) is 11.9. The largest absolute Gasteiger partial charge is 0.352 e. The Hall–Kier alpha value is -2.67. The Kier molecular flexibility index (Phi) is 6.38. The summed E-state index contributed by atoms with van der Waals surface area (Å²) in [5.41, 5.74) is 1.82. The maximum absolute atomic E-state index is 12.2. The highest BCUT2D eigenvalue weighted by Crippen LogP contribution is 2.20. The minimum absolute atomic E-state index is 0.0727. The molecule has 0 saturated heterocycles. The third-order valence-corrected chi connectivity index (χ3v) is 4.93. The zero-order chi connectivity index (χ0) is 18.2. The molecule has 7 heteroatoms. The molecule has 0 bridgehead atoms. The predicted octanol–water partition coefficient (Wildman–Crippen LogP) is 2.96. The fourth-order valence-electron chi connectivity index (χ4n) is 2.47. The molecule has 3 aromatic rings. The molecule has 1 amide bonds. The number of carbonyl (C=O) groups is 1. The summed E-state index contributed by atoms with van der Waals surface area (Å²) in [6.07, 6.45) is 4.16. The van der Waals surface area contributed by atoms with Crippen molar-refractivity contribution in [3.63, 3.8) is 0 Å². The summed E-state index contributed by atoms with van der Waals surface area (Å²) in [5.74, 6) is 1.64. The maximum atomic E-state index is 12.2. The van der Waals surface area contributed by atoms with Crippen LogP contribution in [0.2, 0.25) is 0 Å². The summed E-state index contributed by atoms with van der Waals surface area (Å²) in [6.45, 7) is 3.40. The van der Waals surface area contributed by atoms with Crippen LogP contribution in [0.25, 0.3) is 0 Å². The molecule has 0 radical (unpaired) electrons. The van der Waals surface area contributed by atoms with Crippen molar-refractivity contribution in [2.24, 2.45) is 0 Å². The second kappa shape index (κ2) is 9.15. The van der Waals surface area contributed by atoms with Crippen molar-refractivity contribution in [3.8, 4) is 0 Å². The molecule has 0 aliphatic rings. The van der Waals surface area contributed by atoms with Gasteiger partial charge in [-0.3, -0.25) is 4.79 Å². The second-order valence-electron chi connectivity index (χ2n) is 5.69. The number of carbonyl (C=O) groups excluding carboxylic acids is 1. The Bertz CT molecular complexity index is 833. The number of pyridine rings is 1. The van der Waals surface area contributed by atoms with E-state index < -0.39 is 0 Å². The molecule has 134 valence electrons. The van der Waals surface area contributed by atoms with Crippen LogP contribution in [0.15, 0.2) is 60.0 Å². The quantitative estimate of drug-likeness (QED) is 0.620. The molecule has 6 nitrogen and oxygen atoms in total. The maximum Gasteiger partial charge on any atom is 0.251 e. The Balaban J connectivity index is 1.47. The van der Waals surface area contributed by atoms with Crippen molar-refractivity contribution >= 4 is 17.7 Å². The number of rotatable bonds is 8. The average molecular weight is 367 g/mol. The number of amides is 1. The van der Waals surface area contributed by atoms with Crippen molar-refractivity contribution in [1.29, 1.82) is 0 Å². The molecule has 1 N–H and O–H groups in total. The first-order valence-corrected chi connectivity index (χ1v) is 9.52. The first kappa shape index (κ1) is 18.1. The molecule has 2 heterocycles. The van der Waals surface area contributed by atoms with Gasteiger partial charge in [-0.25, -0.2) is 4.98 Å². The van der Waals surface area contributed by atoms with Crippen LogP contribution >= 0.6 is 11.8 Å². The second-order valence-corrected chi connectivity index (χ2v) is 6.69. The van der Waals surface area contributed by atoms with Gasteiger partial charge in [-0.15, -0.1) is 22.0 Å². The SMILES string of the molecule is CCn1cnnc1CCNC(=O)c1ccc(CSc2ccccn2)cc1. The standard InChI is InChI=1S/C19H21N5OS/c1-2-24-14-22-23-17(24)10-12-21-19(25)16-8-6-15(7-9-16)13-26-18-5-3-4-11-20-18/h3-9,11,14H,2,10,12-13H2,1H3,(H,21,25). The molecule has 0 aliphatic heterocycles. The lowest BCUT2D eigenvalue weighted by molar-refractivity contribution is 0.0954. The summed E-state index contributed by atoms with van der Waals surface area (Å²) in [7, 11) is 0. The number of hydrogen-bond acceptors (Lipinski definition) is 5. The van der Waals surface area contributed by atoms with Crippen molar-refractivity contribution in [3.05, 3.63) is 71.9 Å². The minimum atomic E-state index is -0.0727. The van der Waals surface area contributed by atoms with E-state index in [-0.39, 0.29) is 5.91 Å². The molecular weight excluding hydrogens is 346 g/mol. The minimum Gasteiger partial charge on any atom is -0.352 e. The van der Waals surface area contributed by atoms with E-state index in [4.69, 9.17) is 0 Å². The lowest BCUT2D eigenvalue weighted by atomic mass is 10.1. The van der Waals surface area contributed by atoms with Crippen LogP contribution in [0.1, 0.15) is 28.7 Å². The average Bonchev–Trinajstić information content (AvgIpc) is 3.15. The number of aromatic nitrogens is 4. The van der Waals surface area contributed by atoms with Crippen LogP contribution in [-0.4, -0.2) is 32.2 Å². The molecular formula is C19H21N5OS. The summed E-state index contributed by atoms with van der Waals surface area (Å²) >= 11 is 1.68. The van der Waals surface area contributed by atoms with Crippen LogP contribution < -0.4 is 5.32 Å². The van der Waals surface area contributed by atoms with Gasteiger partial charge in [-0.1, -0.05) is 18.2 Å². The fraction of sp³-hybridized carbons (Fsp3) is 0.263. The van der Waals surface area contributed by atoms with Gasteiger partial charge in [0.15, 0.2) is 0 Å². The predicted molar refractivity (Wildman–Crippen MR) is 102 cm³/mol. The van der Waals surface area contributed by atoms with Crippen LogP contribution in [0.4, 0.5) is 0 Å². The van der Waals surface area contributed by atoms with Gasteiger partial charge in [0.25, 0.3) is 5.91 Å². The van der Waals surface area contributed by atoms with E-state index in [0.717, 1.165) is 28.7 Å². The summed E-state index contributed by atoms with van der Waals surface area (Å²) < 4.78 is 1.97. The lowest BCUT2D eigenvalue weighted by Gasteiger charge is -2.07. The Labute approximate surface area is 157 Å². The topological polar surface area (TPSA) is 72.7 Å². The van der Waals surface area contributed by atoms with E-state index in [9.17, 15) is 4.79 Å². The molecule has 1 aromatic carbocycles. The Morgan fingerprint density at radius 1 is 1.19 bits per heavy atom. The van der Waals surface area contributed by atoms with E-state index >= 15 is 0 Å². The highest BCUT2D eigenvalue weighted by Gasteiger charge is 2.07. The third kappa shape index (κ3) is 4.92. The zero-order valence-electron chi connectivity index (χ0n) is 14.6. The van der Waals surface area contributed by atoms with Crippen LogP contribution in [0.5, 0.6) is 0 Å². The first-order valence-electron chi connectivity index (χ1n) is 8.54. The lowest BCUT2D eigenvalue weighted by Crippen LogP contribution is -2.26. The third-order valence-electron chi connectivity index (χ3n) is 3.91. The van der Waals surface area contributed by atoms with E-state index in [2.05, 4.69) is 20.5 Å². The number of hydrogen-bond donors (Lipinski definition) is 1. The molecule has 0 saturated carbocycles. The van der Waals surface area contributed by atoms with Crippen LogP contribution in [0.3, 0.4) is 0 Å². The number of benzene rings is 1. The van der Waals surface area contributed by atoms with Gasteiger partial charge in [0, 0.05) is 37.0 Å². The van der Waals surface area contributed by atoms with E-state index in [1.54, 1.807) is 24.3 Å². The van der Waals surface area contributed by atoms with Crippen LogP contribution in [-0.2, 0) is 18.7 Å². The molecule has 0 aliphatic carbocycles. The molecule has 0 fully saturated rings. The van der Waals surface area contributed by atoms with E-state index in [1.807, 2.05) is 54.0 Å². The summed E-state index contributed by atoms with van der Waals surface area (Å²) in [6, 6.07) is 13.6. The molecule has 0 atom stereocenters. The summed E-state index contributed by atoms with van der Waals surface area (Å²) in [4.78, 5) is 16.5. The highest BCUT2D eigenvalue weighted by atomic mass is 32.2. The van der Waals surface area contributed by atoms with E-state index in [1.165, 1.54) is 0 Å². The first-order chi connectivity index (χ1) is 12.8. The number of nitrogens with zero attached hydrogens (tertiary/aromatic N) is 4. The highest BCUT2D eigenvalue weighted by molar-refractivity contribution is 7.98. The molecule has 26 heavy (non-hydrogen) atoms. The van der Waals surface area contributed by atoms with Gasteiger partial charge in [-0.2, -0.15) is 0 Å². The van der Waals surface area contributed by atoms with Crippen molar-refractivity contribution in [2.45, 2.75) is 30.7 Å². The van der Waals surface area contributed by atoms with Gasteiger partial charge in [-0.05, 0) is 36.8 Å². The molecule has 3 rings (SSSR count). The monoisotopic (exact) mass is 367 g/mol. The van der Waals surface area contributed by atoms with Crippen molar-refractivity contribution in [2.75, 3.05) is 6.54 Å². The molecule has 0 spiro atoms. The van der Waals surface area contributed by atoms with Gasteiger partial charge in [0.1, 0.15) is 12.2 Å². The normalized spacial score (nSPS) is 10.7. The Morgan fingerprint density at radius 3 is 2.77 bits per heavy atom. The van der Waals surface area contributed by atoms with E-state index in [0.29, 0.717) is 18.5 Å². The van der Waals surface area contributed by atoms with Gasteiger partial charge in [0.2, 0.25) is 0 Å². The Morgan fingerprint density at radius 2 is 2.04 bits per heavy atom. The van der Waals surface area contributed by atoms with Gasteiger partial charge < -0.3 is 9.88 Å². The van der Waals surface area contributed by atoms with Crippen molar-refractivity contribution in [1.82, 2.24) is 25.1 Å². The zero-order valence-corrected chi connectivity index (χ0v) is 15.4. The number of thioether (sulfide) groups is 1. The number of aryl methyl sites for hydroxylation is 1. The molecule has 2 aromatic heterocycles. The molecule has 0 unspecified atom stereocenters. The smallest absolute Gasteiger partial charge is 0.251 e. The van der Waals surface area contributed by atoms with Crippen LogP contribution in [0, 0.1) is 0 Å². The van der Waals surface area contributed by atoms with Gasteiger partial charge >= 0.3 is 0 Å².